The third kappa shape index (κ3) is 3.41. The standard InChI is InChI=1S/C12H14N4O3S/c1-8-3-4-9(20-8)5-15(2)11(17)7-16-6-10(12(18)19)13-14-16/h3-4,6H,5,7H2,1-2H3,(H,18,19). The van der Waals surface area contributed by atoms with Crippen LogP contribution in [0.25, 0.3) is 0 Å². The fraction of sp³-hybridized carbons (Fsp3) is 0.333. The minimum absolute atomic E-state index is 0.0266. The first-order valence-electron chi connectivity index (χ1n) is 5.88. The molecule has 0 radical (unpaired) electrons. The van der Waals surface area contributed by atoms with Gasteiger partial charge < -0.3 is 10.0 Å². The zero-order valence-corrected chi connectivity index (χ0v) is 11.9. The van der Waals surface area contributed by atoms with Gasteiger partial charge in [-0.3, -0.25) is 4.79 Å². The number of rotatable bonds is 5. The van der Waals surface area contributed by atoms with Gasteiger partial charge in [0.25, 0.3) is 0 Å². The van der Waals surface area contributed by atoms with Crippen LogP contribution in [0.4, 0.5) is 0 Å². The van der Waals surface area contributed by atoms with E-state index in [0.717, 1.165) is 4.88 Å². The topological polar surface area (TPSA) is 88.3 Å². The van der Waals surface area contributed by atoms with Crippen LogP contribution in [0.15, 0.2) is 18.3 Å². The quantitative estimate of drug-likeness (QED) is 0.889. The van der Waals surface area contributed by atoms with Gasteiger partial charge in [0.2, 0.25) is 5.91 Å². The number of aromatic nitrogens is 3. The average molecular weight is 294 g/mol. The van der Waals surface area contributed by atoms with Crippen molar-refractivity contribution in [3.63, 3.8) is 0 Å². The highest BCUT2D eigenvalue weighted by molar-refractivity contribution is 7.11. The van der Waals surface area contributed by atoms with Crippen molar-refractivity contribution >= 4 is 23.2 Å². The first-order chi connectivity index (χ1) is 9.45. The van der Waals surface area contributed by atoms with E-state index in [1.165, 1.54) is 15.8 Å². The molecule has 20 heavy (non-hydrogen) atoms. The van der Waals surface area contributed by atoms with E-state index in [2.05, 4.69) is 10.3 Å². The maximum atomic E-state index is 12.0. The fourth-order valence-corrected chi connectivity index (χ4v) is 2.57. The zero-order valence-electron chi connectivity index (χ0n) is 11.1. The zero-order chi connectivity index (χ0) is 14.7. The summed E-state index contributed by atoms with van der Waals surface area (Å²) in [6, 6.07) is 4.00. The van der Waals surface area contributed by atoms with Crippen LogP contribution in [-0.2, 0) is 17.9 Å². The summed E-state index contributed by atoms with van der Waals surface area (Å²) in [5.41, 5.74) is -0.172. The monoisotopic (exact) mass is 294 g/mol. The van der Waals surface area contributed by atoms with Crippen LogP contribution < -0.4 is 0 Å². The Morgan fingerprint density at radius 2 is 2.20 bits per heavy atom. The van der Waals surface area contributed by atoms with Gasteiger partial charge in [-0.2, -0.15) is 0 Å². The summed E-state index contributed by atoms with van der Waals surface area (Å²) in [7, 11) is 1.70. The first kappa shape index (κ1) is 14.2. The van der Waals surface area contributed by atoms with E-state index >= 15 is 0 Å². The molecule has 2 rings (SSSR count). The highest BCUT2D eigenvalue weighted by atomic mass is 32.1. The molecule has 7 nitrogen and oxygen atoms in total. The number of amides is 1. The van der Waals surface area contributed by atoms with Crippen molar-refractivity contribution in [1.29, 1.82) is 0 Å². The van der Waals surface area contributed by atoms with Gasteiger partial charge in [-0.1, -0.05) is 5.21 Å². The molecular weight excluding hydrogens is 280 g/mol. The Bertz CT molecular complexity index is 634. The van der Waals surface area contributed by atoms with E-state index in [-0.39, 0.29) is 18.1 Å². The van der Waals surface area contributed by atoms with Gasteiger partial charge in [-0.05, 0) is 19.1 Å². The lowest BCUT2D eigenvalue weighted by Crippen LogP contribution is -2.29. The summed E-state index contributed by atoms with van der Waals surface area (Å²) in [5, 5.41) is 15.8. The summed E-state index contributed by atoms with van der Waals surface area (Å²) in [5.74, 6) is -1.32. The third-order valence-corrected chi connectivity index (χ3v) is 3.66. The van der Waals surface area contributed by atoms with Crippen molar-refractivity contribution in [2.75, 3.05) is 7.05 Å². The summed E-state index contributed by atoms with van der Waals surface area (Å²) in [4.78, 5) is 26.5. The largest absolute Gasteiger partial charge is 0.476 e. The van der Waals surface area contributed by atoms with E-state index in [4.69, 9.17) is 5.11 Å². The second-order valence-electron chi connectivity index (χ2n) is 4.37. The number of thiophene rings is 1. The Balaban J connectivity index is 1.94. The van der Waals surface area contributed by atoms with Crippen molar-refractivity contribution < 1.29 is 14.7 Å². The normalized spacial score (nSPS) is 10.5. The molecule has 0 bridgehead atoms. The highest BCUT2D eigenvalue weighted by Gasteiger charge is 2.14. The van der Waals surface area contributed by atoms with Crippen LogP contribution in [-0.4, -0.2) is 43.9 Å². The van der Waals surface area contributed by atoms with Gasteiger partial charge in [0, 0.05) is 16.8 Å². The van der Waals surface area contributed by atoms with Gasteiger partial charge >= 0.3 is 5.97 Å². The van der Waals surface area contributed by atoms with Crippen LogP contribution >= 0.6 is 11.3 Å². The molecular formula is C12H14N4O3S. The molecule has 0 aliphatic carbocycles. The first-order valence-corrected chi connectivity index (χ1v) is 6.70. The highest BCUT2D eigenvalue weighted by Crippen LogP contribution is 2.16. The van der Waals surface area contributed by atoms with Gasteiger partial charge in [-0.25, -0.2) is 9.48 Å². The van der Waals surface area contributed by atoms with Crippen molar-refractivity contribution in [2.24, 2.45) is 0 Å². The molecule has 0 aliphatic rings. The van der Waals surface area contributed by atoms with Crippen molar-refractivity contribution in [1.82, 2.24) is 19.9 Å². The van der Waals surface area contributed by atoms with Crippen molar-refractivity contribution in [2.45, 2.75) is 20.0 Å². The average Bonchev–Trinajstić information content (AvgIpc) is 2.98. The Hall–Kier alpha value is -2.22. The lowest BCUT2D eigenvalue weighted by molar-refractivity contribution is -0.131. The number of aryl methyl sites for hydroxylation is 1. The molecule has 2 aromatic rings. The van der Waals surface area contributed by atoms with Crippen LogP contribution in [0.5, 0.6) is 0 Å². The molecule has 0 unspecified atom stereocenters. The number of nitrogens with zero attached hydrogens (tertiary/aromatic N) is 4. The molecule has 0 atom stereocenters. The molecule has 106 valence electrons. The van der Waals surface area contributed by atoms with E-state index < -0.39 is 5.97 Å². The Labute approximate surface area is 119 Å². The summed E-state index contributed by atoms with van der Waals surface area (Å²) in [6.45, 7) is 2.51. The SMILES string of the molecule is Cc1ccc(CN(C)C(=O)Cn2cc(C(=O)O)nn2)s1. The van der Waals surface area contributed by atoms with E-state index in [1.54, 1.807) is 23.3 Å². The number of aromatic carboxylic acids is 1. The van der Waals surface area contributed by atoms with Crippen LogP contribution in [0.1, 0.15) is 20.2 Å². The van der Waals surface area contributed by atoms with Gasteiger partial charge in [-0.15, -0.1) is 16.4 Å². The number of carboxylic acid groups (broad SMARTS) is 1. The third-order valence-electron chi connectivity index (χ3n) is 2.67. The maximum absolute atomic E-state index is 12.0. The molecule has 0 aliphatic heterocycles. The smallest absolute Gasteiger partial charge is 0.358 e. The number of carbonyl (C=O) groups is 2. The predicted octanol–water partition coefficient (Wildman–Crippen LogP) is 1.00. The van der Waals surface area contributed by atoms with Gasteiger partial charge in [0.1, 0.15) is 6.54 Å². The molecule has 8 heteroatoms. The van der Waals surface area contributed by atoms with E-state index in [0.29, 0.717) is 6.54 Å². The van der Waals surface area contributed by atoms with Gasteiger partial charge in [0.15, 0.2) is 5.69 Å². The lowest BCUT2D eigenvalue weighted by atomic mass is 10.4. The minimum atomic E-state index is -1.16. The molecule has 1 N–H and O–H groups in total. The fourth-order valence-electron chi connectivity index (χ4n) is 1.63. The number of carbonyl (C=O) groups excluding carboxylic acids is 1. The predicted molar refractivity (Wildman–Crippen MR) is 72.5 cm³/mol. The van der Waals surface area contributed by atoms with Crippen LogP contribution in [0.2, 0.25) is 0 Å². The number of likely N-dealkylation sites (N-methyl/N-ethyl adjacent to an activating group) is 1. The van der Waals surface area contributed by atoms with E-state index in [1.807, 2.05) is 19.1 Å². The molecule has 1 amide bonds. The molecule has 2 heterocycles. The van der Waals surface area contributed by atoms with Crippen LogP contribution in [0, 0.1) is 6.92 Å². The Morgan fingerprint density at radius 3 is 2.75 bits per heavy atom. The second kappa shape index (κ2) is 5.83. The van der Waals surface area contributed by atoms with Crippen molar-refractivity contribution in [3.8, 4) is 0 Å². The maximum Gasteiger partial charge on any atom is 0.358 e. The Kier molecular flexibility index (Phi) is 4.14. The number of carboxylic acids is 1. The molecule has 0 saturated carbocycles. The summed E-state index contributed by atoms with van der Waals surface area (Å²) in [6.07, 6.45) is 1.24. The van der Waals surface area contributed by atoms with Gasteiger partial charge in [0.05, 0.1) is 12.7 Å². The lowest BCUT2D eigenvalue weighted by Gasteiger charge is -2.15. The van der Waals surface area contributed by atoms with E-state index in [9.17, 15) is 9.59 Å². The molecule has 2 aromatic heterocycles. The van der Waals surface area contributed by atoms with Crippen molar-refractivity contribution in [3.05, 3.63) is 33.8 Å². The molecule has 0 aromatic carbocycles. The number of hydrogen-bond donors (Lipinski definition) is 1. The Morgan fingerprint density at radius 1 is 1.45 bits per heavy atom. The van der Waals surface area contributed by atoms with Crippen LogP contribution in [0.3, 0.4) is 0 Å². The molecule has 0 saturated heterocycles. The number of hydrogen-bond acceptors (Lipinski definition) is 5. The minimum Gasteiger partial charge on any atom is -0.476 e. The molecule has 0 fully saturated rings. The second-order valence-corrected chi connectivity index (χ2v) is 5.74. The summed E-state index contributed by atoms with van der Waals surface area (Å²) < 4.78 is 1.22. The summed E-state index contributed by atoms with van der Waals surface area (Å²) >= 11 is 1.64. The molecule has 0 spiro atoms.